The molecule has 2 heterocycles. The first-order valence-corrected chi connectivity index (χ1v) is 6.14. The van der Waals surface area contributed by atoms with Crippen molar-refractivity contribution >= 4 is 17.7 Å². The lowest BCUT2D eigenvalue weighted by Crippen LogP contribution is -2.10. The van der Waals surface area contributed by atoms with E-state index in [1.165, 1.54) is 0 Å². The Hall–Kier alpha value is -1.24. The first-order valence-electron chi connectivity index (χ1n) is 5.09. The number of aromatic carboxylic acids is 1. The van der Waals surface area contributed by atoms with Crippen LogP contribution in [0, 0.1) is 0 Å². The minimum Gasteiger partial charge on any atom is -0.478 e. The van der Waals surface area contributed by atoms with Gasteiger partial charge in [-0.15, -0.1) is 0 Å². The van der Waals surface area contributed by atoms with Gasteiger partial charge in [-0.3, -0.25) is 0 Å². The van der Waals surface area contributed by atoms with Crippen molar-refractivity contribution in [2.45, 2.75) is 24.5 Å². The van der Waals surface area contributed by atoms with Crippen molar-refractivity contribution in [3.63, 3.8) is 0 Å². The van der Waals surface area contributed by atoms with Gasteiger partial charge in [0.15, 0.2) is 0 Å². The number of nitrogens with zero attached hydrogens (tertiary/aromatic N) is 2. The smallest absolute Gasteiger partial charge is 0.339 e. The lowest BCUT2D eigenvalue weighted by molar-refractivity contribution is 0.0681. The third-order valence-electron chi connectivity index (χ3n) is 2.49. The zero-order valence-corrected chi connectivity index (χ0v) is 9.58. The molecule has 4 nitrogen and oxygen atoms in total. The number of carbonyl (C=O) groups is 1. The topological polar surface area (TPSA) is 63.1 Å². The van der Waals surface area contributed by atoms with Crippen molar-refractivity contribution in [3.05, 3.63) is 23.3 Å². The lowest BCUT2D eigenvalue weighted by atomic mass is 10.2. The predicted molar refractivity (Wildman–Crippen MR) is 58.4 cm³/mol. The molecule has 92 valence electrons. The Morgan fingerprint density at radius 2 is 2.35 bits per heavy atom. The highest BCUT2D eigenvalue weighted by molar-refractivity contribution is 7.99. The number of hydrogen-bond acceptors (Lipinski definition) is 4. The van der Waals surface area contributed by atoms with Gasteiger partial charge >= 0.3 is 5.97 Å². The quantitative estimate of drug-likeness (QED) is 0.905. The Morgan fingerprint density at radius 3 is 2.88 bits per heavy atom. The van der Waals surface area contributed by atoms with Gasteiger partial charge < -0.3 is 5.11 Å². The van der Waals surface area contributed by atoms with Gasteiger partial charge in [-0.25, -0.2) is 23.5 Å². The third kappa shape index (κ3) is 2.54. The third-order valence-corrected chi connectivity index (χ3v) is 3.86. The van der Waals surface area contributed by atoms with Crippen molar-refractivity contribution in [3.8, 4) is 0 Å². The molecule has 0 saturated carbocycles. The van der Waals surface area contributed by atoms with Crippen LogP contribution >= 0.6 is 11.8 Å². The van der Waals surface area contributed by atoms with Crippen molar-refractivity contribution in [1.29, 1.82) is 0 Å². The summed E-state index contributed by atoms with van der Waals surface area (Å²) in [4.78, 5) is 18.3. The summed E-state index contributed by atoms with van der Waals surface area (Å²) in [6, 6.07) is 0. The second-order valence-electron chi connectivity index (χ2n) is 3.63. The van der Waals surface area contributed by atoms with E-state index in [0.717, 1.165) is 24.8 Å². The minimum absolute atomic E-state index is 0.00958. The number of hydrogen-bond donors (Lipinski definition) is 1. The zero-order valence-electron chi connectivity index (χ0n) is 8.77. The van der Waals surface area contributed by atoms with Crippen molar-refractivity contribution in [2.75, 3.05) is 5.75 Å². The van der Waals surface area contributed by atoms with E-state index in [1.807, 2.05) is 0 Å². The van der Waals surface area contributed by atoms with Gasteiger partial charge in [0.25, 0.3) is 6.43 Å². The predicted octanol–water partition coefficient (Wildman–Crippen LogP) is 2.68. The fourth-order valence-electron chi connectivity index (χ4n) is 1.68. The molecule has 2 rings (SSSR count). The molecule has 1 aromatic rings. The van der Waals surface area contributed by atoms with Gasteiger partial charge in [0, 0.05) is 6.20 Å². The fourth-order valence-corrected chi connectivity index (χ4v) is 2.89. The molecular weight excluding hydrogens is 250 g/mol. The van der Waals surface area contributed by atoms with Crippen LogP contribution in [0.3, 0.4) is 0 Å². The van der Waals surface area contributed by atoms with E-state index in [2.05, 4.69) is 9.97 Å². The summed E-state index contributed by atoms with van der Waals surface area (Å²) in [6.45, 7) is 0. The van der Waals surface area contributed by atoms with Crippen LogP contribution in [-0.2, 0) is 0 Å². The maximum absolute atomic E-state index is 12.7. The molecule has 0 bridgehead atoms. The lowest BCUT2D eigenvalue weighted by Gasteiger charge is -2.10. The summed E-state index contributed by atoms with van der Waals surface area (Å²) in [5.74, 6) is -0.155. The van der Waals surface area contributed by atoms with Crippen LogP contribution in [0.15, 0.2) is 6.20 Å². The molecule has 1 unspecified atom stereocenters. The average Bonchev–Trinajstić information content (AvgIpc) is 2.81. The Labute approximate surface area is 100 Å². The molecular formula is C10H10F2N2O2S. The first kappa shape index (κ1) is 12.2. The molecule has 1 N–H and O–H groups in total. The molecule has 7 heteroatoms. The highest BCUT2D eigenvalue weighted by atomic mass is 32.2. The molecule has 1 aliphatic rings. The highest BCUT2D eigenvalue weighted by Gasteiger charge is 2.25. The summed E-state index contributed by atoms with van der Waals surface area (Å²) in [5.41, 5.74) is -1.21. The van der Waals surface area contributed by atoms with E-state index in [0.29, 0.717) is 5.82 Å². The second kappa shape index (κ2) is 4.95. The molecule has 1 saturated heterocycles. The molecule has 0 amide bonds. The largest absolute Gasteiger partial charge is 0.478 e. The van der Waals surface area contributed by atoms with Gasteiger partial charge in [-0.1, -0.05) is 0 Å². The van der Waals surface area contributed by atoms with Gasteiger partial charge in [-0.05, 0) is 18.6 Å². The molecule has 17 heavy (non-hydrogen) atoms. The Bertz CT molecular complexity index is 436. The van der Waals surface area contributed by atoms with E-state index < -0.39 is 23.7 Å². The minimum atomic E-state index is -2.89. The zero-order chi connectivity index (χ0) is 12.4. The van der Waals surface area contributed by atoms with E-state index in [9.17, 15) is 13.6 Å². The maximum Gasteiger partial charge on any atom is 0.339 e. The van der Waals surface area contributed by atoms with Crippen LogP contribution in [0.4, 0.5) is 8.78 Å². The van der Waals surface area contributed by atoms with Crippen LogP contribution in [0.1, 0.15) is 46.4 Å². The SMILES string of the molecule is O=C(O)c1cnc(C2CCCS2)nc1C(F)F. The Kier molecular flexibility index (Phi) is 3.56. The summed E-state index contributed by atoms with van der Waals surface area (Å²) >= 11 is 1.61. The number of halogens is 2. The van der Waals surface area contributed by atoms with E-state index >= 15 is 0 Å². The van der Waals surface area contributed by atoms with Crippen molar-refractivity contribution in [2.24, 2.45) is 0 Å². The summed E-state index contributed by atoms with van der Waals surface area (Å²) in [5, 5.41) is 8.76. The number of thioether (sulfide) groups is 1. The second-order valence-corrected chi connectivity index (χ2v) is 4.95. The molecule has 0 spiro atoms. The average molecular weight is 260 g/mol. The highest BCUT2D eigenvalue weighted by Crippen LogP contribution is 2.38. The first-order chi connectivity index (χ1) is 8.09. The van der Waals surface area contributed by atoms with Crippen LogP contribution in [0.2, 0.25) is 0 Å². The molecule has 1 atom stereocenters. The molecule has 0 aromatic carbocycles. The van der Waals surface area contributed by atoms with Crippen LogP contribution in [0.25, 0.3) is 0 Å². The number of carboxylic acids is 1. The fraction of sp³-hybridized carbons (Fsp3) is 0.500. The van der Waals surface area contributed by atoms with Crippen molar-refractivity contribution < 1.29 is 18.7 Å². The standard InChI is InChI=1S/C10H10F2N2O2S/c11-8(12)7-5(10(15)16)4-13-9(14-7)6-2-1-3-17-6/h4,6,8H,1-3H2,(H,15,16). The number of carboxylic acid groups (broad SMARTS) is 1. The number of alkyl halides is 2. The number of rotatable bonds is 3. The van der Waals surface area contributed by atoms with Crippen molar-refractivity contribution in [1.82, 2.24) is 9.97 Å². The molecule has 1 aliphatic heterocycles. The van der Waals surface area contributed by atoms with Crippen LogP contribution in [-0.4, -0.2) is 26.8 Å². The van der Waals surface area contributed by atoms with Crippen LogP contribution < -0.4 is 0 Å². The number of aromatic nitrogens is 2. The van der Waals surface area contributed by atoms with E-state index in [-0.39, 0.29) is 5.25 Å². The molecule has 0 radical (unpaired) electrons. The van der Waals surface area contributed by atoms with E-state index in [1.54, 1.807) is 11.8 Å². The summed E-state index contributed by atoms with van der Waals surface area (Å²) in [6.07, 6.45) is -0.0666. The van der Waals surface area contributed by atoms with Gasteiger partial charge in [0.05, 0.1) is 5.25 Å². The van der Waals surface area contributed by atoms with E-state index in [4.69, 9.17) is 5.11 Å². The molecule has 0 aliphatic carbocycles. The normalized spacial score (nSPS) is 19.8. The molecule has 1 aromatic heterocycles. The van der Waals surface area contributed by atoms with Gasteiger partial charge in [0.2, 0.25) is 0 Å². The summed E-state index contributed by atoms with van der Waals surface area (Å²) < 4.78 is 25.4. The maximum atomic E-state index is 12.7. The Morgan fingerprint density at radius 1 is 1.59 bits per heavy atom. The molecule has 1 fully saturated rings. The Balaban J connectivity index is 2.37. The van der Waals surface area contributed by atoms with Gasteiger partial charge in [-0.2, -0.15) is 11.8 Å². The van der Waals surface area contributed by atoms with Crippen LogP contribution in [0.5, 0.6) is 0 Å². The van der Waals surface area contributed by atoms with Gasteiger partial charge in [0.1, 0.15) is 17.1 Å². The monoisotopic (exact) mass is 260 g/mol. The summed E-state index contributed by atoms with van der Waals surface area (Å²) in [7, 11) is 0.